The molecule has 17 heteroatoms. The quantitative estimate of drug-likeness (QED) is 0.0438. The number of aromatic nitrogens is 2. The molecule has 2 aromatic heterocycles. The van der Waals surface area contributed by atoms with Crippen LogP contribution in [0, 0.1) is 18.7 Å². The number of epoxide rings is 1. The van der Waals surface area contributed by atoms with Crippen molar-refractivity contribution < 1.29 is 42.9 Å². The minimum atomic E-state index is -1.33. The molecule has 6 atom stereocenters. The first-order valence-corrected chi connectivity index (χ1v) is 21.3. The van der Waals surface area contributed by atoms with Gasteiger partial charge in [0.2, 0.25) is 17.4 Å². The Balaban J connectivity index is 1.03. The number of aliphatic hydroxyl groups is 1. The number of alkyl carbamates (subject to hydrolysis) is 1. The predicted molar refractivity (Wildman–Crippen MR) is 223 cm³/mol. The predicted octanol–water partition coefficient (Wildman–Crippen LogP) is 3.50. The average molecular weight is 848 g/mol. The molecule has 1 fully saturated rings. The maximum atomic E-state index is 15.4. The lowest BCUT2D eigenvalue weighted by atomic mass is 9.81. The molecule has 330 valence electrons. The van der Waals surface area contributed by atoms with Gasteiger partial charge in [-0.25, -0.2) is 19.0 Å². The zero-order valence-corrected chi connectivity index (χ0v) is 36.0. The molecule has 1 aromatic carbocycles. The number of pyridine rings is 2. The van der Waals surface area contributed by atoms with Crippen LogP contribution >= 0.6 is 0 Å². The lowest BCUT2D eigenvalue weighted by molar-refractivity contribution is -0.154. The number of carbonyl (C=O) groups excluding carboxylic acids is 4. The second-order valence-electron chi connectivity index (χ2n) is 18.1. The Kier molecular flexibility index (Phi) is 12.3. The van der Waals surface area contributed by atoms with E-state index in [0.29, 0.717) is 78.7 Å². The van der Waals surface area contributed by atoms with E-state index in [9.17, 15) is 29.1 Å². The highest BCUT2D eigenvalue weighted by molar-refractivity contribution is 5.94. The molecule has 1 aliphatic carbocycles. The Morgan fingerprint density at radius 1 is 1.07 bits per heavy atom. The molecule has 2 unspecified atom stereocenters. The molecule has 3 aliphatic heterocycles. The van der Waals surface area contributed by atoms with E-state index >= 15 is 4.39 Å². The molecule has 0 radical (unpaired) electrons. The second kappa shape index (κ2) is 17.1. The number of cyclic esters (lactones) is 1. The summed E-state index contributed by atoms with van der Waals surface area (Å²) in [4.78, 5) is 70.1. The van der Waals surface area contributed by atoms with Crippen molar-refractivity contribution in [2.45, 2.75) is 148 Å². The molecular weight excluding hydrogens is 790 g/mol. The number of unbranched alkanes of at least 4 members (excludes halogenated alkanes) is 1. The van der Waals surface area contributed by atoms with E-state index < -0.39 is 53.6 Å². The summed E-state index contributed by atoms with van der Waals surface area (Å²) in [6.07, 6.45) is 1.18. The van der Waals surface area contributed by atoms with Crippen LogP contribution < -0.4 is 32.6 Å². The van der Waals surface area contributed by atoms with Crippen molar-refractivity contribution in [2.75, 3.05) is 13.1 Å². The van der Waals surface area contributed by atoms with Crippen LogP contribution in [0.5, 0.6) is 0 Å². The van der Waals surface area contributed by atoms with Gasteiger partial charge in [-0.1, -0.05) is 13.8 Å². The monoisotopic (exact) mass is 847 g/mol. The molecule has 0 bridgehead atoms. The Hall–Kier alpha value is -4.97. The van der Waals surface area contributed by atoms with Gasteiger partial charge in [-0.2, -0.15) is 0 Å². The number of fused-ring (bicyclic) bond motifs is 6. The maximum absolute atomic E-state index is 15.4. The van der Waals surface area contributed by atoms with Crippen molar-refractivity contribution in [3.8, 4) is 11.4 Å². The smallest absolute Gasteiger partial charge is 0.407 e. The fourth-order valence-corrected chi connectivity index (χ4v) is 8.84. The van der Waals surface area contributed by atoms with E-state index in [0.717, 1.165) is 22.1 Å². The fourth-order valence-electron chi connectivity index (χ4n) is 8.84. The SMILES string of the molecule is Cc1c(F)cc2nc3c(c4c2c1CC[C@@H]4NC(O)CCCNC(=O)[C@H](CCCCNC(=O)OC(C)(C)C)NC(=O)[C@@H](N)C(C)C)Cn1c-3cc2c(c1=O)COC(=O)[C@@]21OC1C. The maximum Gasteiger partial charge on any atom is 0.407 e. The number of aryl methyl sites for hydroxylation is 1. The van der Waals surface area contributed by atoms with Crippen molar-refractivity contribution in [1.29, 1.82) is 0 Å². The van der Waals surface area contributed by atoms with E-state index in [-0.39, 0.29) is 55.4 Å². The summed E-state index contributed by atoms with van der Waals surface area (Å²) in [7, 11) is 0. The number of aliphatic hydroxyl groups excluding tert-OH is 1. The van der Waals surface area contributed by atoms with Crippen molar-refractivity contribution in [1.82, 2.24) is 30.8 Å². The molecule has 0 saturated carbocycles. The van der Waals surface area contributed by atoms with Gasteiger partial charge in [-0.15, -0.1) is 0 Å². The third-order valence-electron chi connectivity index (χ3n) is 12.3. The first-order valence-electron chi connectivity index (χ1n) is 21.3. The van der Waals surface area contributed by atoms with Crippen molar-refractivity contribution in [3.63, 3.8) is 0 Å². The molecule has 16 nitrogen and oxygen atoms in total. The molecule has 4 aliphatic rings. The number of rotatable bonds is 15. The fraction of sp³-hybridized carbons (Fsp3) is 0.591. The van der Waals surface area contributed by atoms with Crippen LogP contribution in [0.1, 0.15) is 119 Å². The number of amides is 3. The number of nitrogens with zero attached hydrogens (tertiary/aromatic N) is 2. The number of hydrogen-bond acceptors (Lipinski definition) is 12. The zero-order chi connectivity index (χ0) is 44.1. The first-order chi connectivity index (χ1) is 28.8. The number of carbonyl (C=O) groups is 4. The van der Waals surface area contributed by atoms with Crippen LogP contribution in [0.4, 0.5) is 9.18 Å². The number of nitrogens with one attached hydrogen (secondary N) is 4. The Morgan fingerprint density at radius 2 is 1.79 bits per heavy atom. The lowest BCUT2D eigenvalue weighted by Gasteiger charge is -2.31. The van der Waals surface area contributed by atoms with Crippen LogP contribution in [-0.2, 0) is 53.8 Å². The normalized spacial score (nSPS) is 21.3. The van der Waals surface area contributed by atoms with E-state index in [1.165, 1.54) is 6.07 Å². The van der Waals surface area contributed by atoms with Gasteiger partial charge in [0.05, 0.1) is 35.1 Å². The summed E-state index contributed by atoms with van der Waals surface area (Å²) in [5.41, 5.74) is 9.11. The highest BCUT2D eigenvalue weighted by Gasteiger charge is 2.65. The van der Waals surface area contributed by atoms with Crippen molar-refractivity contribution in [3.05, 3.63) is 61.7 Å². The molecule has 1 spiro atoms. The number of ether oxygens (including phenoxy) is 3. The van der Waals surface area contributed by atoms with E-state index in [4.69, 9.17) is 24.9 Å². The molecule has 1 saturated heterocycles. The Labute approximate surface area is 353 Å². The molecule has 7 N–H and O–H groups in total. The molecular formula is C44H58FN7O9. The standard InChI is InChI=1S/C44H58FN7O9/c1-21(2)36(46)39(55)51-30(11-8-9-15-48-42(58)61-43(5,6)7)38(54)47-16-10-12-33(53)49-29-14-13-24-22(3)28(45)18-31-34(24)35(29)25-19-52-32(37(25)50-31)17-27-26(40(52)56)20-59-41(57)44(27)23(4)60-44/h17-18,21,23,29-30,33,36,49,53H,8-16,19-20,46H2,1-7H3,(H,47,54)(H,48,58)(H,51,55)/t23?,29-,30-,33?,36-,44-/m0/s1. The Bertz CT molecular complexity index is 2320. The third kappa shape index (κ3) is 8.61. The summed E-state index contributed by atoms with van der Waals surface area (Å²) < 4.78 is 33.4. The molecule has 7 rings (SSSR count). The highest BCUT2D eigenvalue weighted by atomic mass is 19.1. The van der Waals surface area contributed by atoms with Gasteiger partial charge < -0.3 is 45.6 Å². The summed E-state index contributed by atoms with van der Waals surface area (Å²) in [6.45, 7) is 13.1. The van der Waals surface area contributed by atoms with Crippen LogP contribution in [0.2, 0.25) is 0 Å². The topological polar surface area (TPSA) is 229 Å². The largest absolute Gasteiger partial charge is 0.458 e. The number of benzene rings is 1. The minimum absolute atomic E-state index is 0.137. The molecule has 3 amide bonds. The van der Waals surface area contributed by atoms with Gasteiger partial charge in [0.1, 0.15) is 36.4 Å². The summed E-state index contributed by atoms with van der Waals surface area (Å²) >= 11 is 0. The average Bonchev–Trinajstić information content (AvgIpc) is 3.73. The van der Waals surface area contributed by atoms with Gasteiger partial charge in [0, 0.05) is 41.7 Å². The second-order valence-corrected chi connectivity index (χ2v) is 18.1. The number of hydrogen-bond donors (Lipinski definition) is 6. The Morgan fingerprint density at radius 3 is 2.48 bits per heavy atom. The van der Waals surface area contributed by atoms with Gasteiger partial charge >= 0.3 is 12.1 Å². The summed E-state index contributed by atoms with van der Waals surface area (Å²) in [5, 5.41) is 23.9. The van der Waals surface area contributed by atoms with Crippen LogP contribution in [0.25, 0.3) is 22.3 Å². The highest BCUT2D eigenvalue weighted by Crippen LogP contribution is 2.52. The molecule has 61 heavy (non-hydrogen) atoms. The summed E-state index contributed by atoms with van der Waals surface area (Å²) in [6, 6.07) is 1.18. The third-order valence-corrected chi connectivity index (χ3v) is 12.3. The van der Waals surface area contributed by atoms with Crippen molar-refractivity contribution in [2.24, 2.45) is 11.7 Å². The molecule has 5 heterocycles. The number of halogens is 1. The van der Waals surface area contributed by atoms with Crippen LogP contribution in [0.3, 0.4) is 0 Å². The van der Waals surface area contributed by atoms with Crippen LogP contribution in [-0.4, -0.2) is 81.6 Å². The van der Waals surface area contributed by atoms with Gasteiger partial charge in [-0.3, -0.25) is 19.7 Å². The lowest BCUT2D eigenvalue weighted by Crippen LogP contribution is -2.53. The van der Waals surface area contributed by atoms with Crippen LogP contribution in [0.15, 0.2) is 16.9 Å². The number of nitrogens with two attached hydrogens (primary N) is 1. The van der Waals surface area contributed by atoms with E-state index in [2.05, 4.69) is 21.3 Å². The first kappa shape index (κ1) is 44.1. The van der Waals surface area contributed by atoms with E-state index in [1.54, 1.807) is 45.3 Å². The molecule has 3 aromatic rings. The minimum Gasteiger partial charge on any atom is -0.458 e. The zero-order valence-electron chi connectivity index (χ0n) is 36.0. The van der Waals surface area contributed by atoms with Crippen molar-refractivity contribution >= 4 is 34.8 Å². The van der Waals surface area contributed by atoms with Gasteiger partial charge in [-0.05, 0) is 108 Å². The van der Waals surface area contributed by atoms with Gasteiger partial charge in [0.25, 0.3) is 5.56 Å². The van der Waals surface area contributed by atoms with Gasteiger partial charge in [0.15, 0.2) is 0 Å². The number of esters is 1. The van der Waals surface area contributed by atoms with E-state index in [1.807, 2.05) is 13.8 Å². The summed E-state index contributed by atoms with van der Waals surface area (Å²) in [5.74, 6) is -1.86.